The van der Waals surface area contributed by atoms with Crippen LogP contribution in [0, 0.1) is 12.8 Å². The van der Waals surface area contributed by atoms with Crippen molar-refractivity contribution in [2.75, 3.05) is 0 Å². The van der Waals surface area contributed by atoms with Crippen LogP contribution in [0.15, 0.2) is 10.5 Å². The molecule has 1 N–H and O–H groups in total. The van der Waals surface area contributed by atoms with Gasteiger partial charge in [0.2, 0.25) is 5.76 Å². The number of carboxylic acid groups (broad SMARTS) is 1. The summed E-state index contributed by atoms with van der Waals surface area (Å²) >= 11 is 0. The topological polar surface area (TPSA) is 67.5 Å². The van der Waals surface area contributed by atoms with Gasteiger partial charge in [-0.3, -0.25) is 4.21 Å². The summed E-state index contributed by atoms with van der Waals surface area (Å²) in [5.74, 6) is -0.0739. The third-order valence-electron chi connectivity index (χ3n) is 2.80. The minimum atomic E-state index is -1.09. The van der Waals surface area contributed by atoms with Crippen LogP contribution in [0.4, 0.5) is 0 Å². The molecular weight excluding hydrogens is 240 g/mol. The van der Waals surface area contributed by atoms with Gasteiger partial charge >= 0.3 is 5.97 Å². The molecule has 2 atom stereocenters. The Morgan fingerprint density at radius 2 is 2.06 bits per heavy atom. The summed E-state index contributed by atoms with van der Waals surface area (Å²) in [5, 5.41) is 8.90. The fraction of sp³-hybridized carbons (Fsp3) is 0.583. The molecule has 0 saturated heterocycles. The van der Waals surface area contributed by atoms with E-state index in [2.05, 4.69) is 0 Å². The molecule has 0 aliphatic carbocycles. The van der Waals surface area contributed by atoms with Gasteiger partial charge in [0.15, 0.2) is 0 Å². The first kappa shape index (κ1) is 14.0. The van der Waals surface area contributed by atoms with E-state index in [1.165, 1.54) is 0 Å². The van der Waals surface area contributed by atoms with E-state index in [1.807, 2.05) is 20.8 Å². The van der Waals surface area contributed by atoms with E-state index in [9.17, 15) is 9.00 Å². The summed E-state index contributed by atoms with van der Waals surface area (Å²) in [6.07, 6.45) is 0. The Morgan fingerprint density at radius 3 is 2.47 bits per heavy atom. The molecule has 0 radical (unpaired) electrons. The third-order valence-corrected chi connectivity index (χ3v) is 4.74. The van der Waals surface area contributed by atoms with Crippen molar-refractivity contribution in [1.29, 1.82) is 0 Å². The minimum absolute atomic E-state index is 0.0609. The number of hydrogen-bond acceptors (Lipinski definition) is 3. The standard InChI is InChI=1S/C12H18O4S/c1-7(2)9(4)17(15)6-10-5-8(3)11(16-10)12(13)14/h5,7,9H,6H2,1-4H3,(H,13,14). The summed E-state index contributed by atoms with van der Waals surface area (Å²) < 4.78 is 17.1. The van der Waals surface area contributed by atoms with Crippen LogP contribution in [0.2, 0.25) is 0 Å². The maximum Gasteiger partial charge on any atom is 0.372 e. The number of carboxylic acids is 1. The Morgan fingerprint density at radius 1 is 1.47 bits per heavy atom. The Balaban J connectivity index is 2.79. The van der Waals surface area contributed by atoms with E-state index >= 15 is 0 Å². The molecule has 1 aromatic rings. The van der Waals surface area contributed by atoms with Crippen LogP contribution in [0.5, 0.6) is 0 Å². The van der Waals surface area contributed by atoms with E-state index in [1.54, 1.807) is 13.0 Å². The number of rotatable bonds is 5. The SMILES string of the molecule is Cc1cc(CS(=O)C(C)C(C)C)oc1C(=O)O. The lowest BCUT2D eigenvalue weighted by atomic mass is 10.2. The average molecular weight is 258 g/mol. The van der Waals surface area contributed by atoms with Crippen LogP contribution < -0.4 is 0 Å². The number of hydrogen-bond donors (Lipinski definition) is 1. The normalized spacial score (nSPS) is 14.9. The molecule has 0 aliphatic heterocycles. The average Bonchev–Trinajstić information content (AvgIpc) is 2.58. The maximum absolute atomic E-state index is 11.9. The zero-order chi connectivity index (χ0) is 13.2. The molecule has 0 bridgehead atoms. The molecule has 1 rings (SSSR count). The summed E-state index contributed by atoms with van der Waals surface area (Å²) in [5.41, 5.74) is 0.571. The highest BCUT2D eigenvalue weighted by molar-refractivity contribution is 7.84. The number of carbonyl (C=O) groups is 1. The van der Waals surface area contributed by atoms with Crippen molar-refractivity contribution in [3.05, 3.63) is 23.2 Å². The zero-order valence-corrected chi connectivity index (χ0v) is 11.3. The molecule has 96 valence electrons. The summed E-state index contributed by atoms with van der Waals surface area (Å²) in [6.45, 7) is 7.62. The molecular formula is C12H18O4S. The molecule has 2 unspecified atom stereocenters. The monoisotopic (exact) mass is 258 g/mol. The van der Waals surface area contributed by atoms with Crippen LogP contribution in [-0.4, -0.2) is 20.5 Å². The van der Waals surface area contributed by atoms with Crippen molar-refractivity contribution < 1.29 is 18.5 Å². The second-order valence-corrected chi connectivity index (χ2v) is 6.30. The Labute approximate surface area is 103 Å². The van der Waals surface area contributed by atoms with Crippen molar-refractivity contribution in [1.82, 2.24) is 0 Å². The van der Waals surface area contributed by atoms with Gasteiger partial charge in [0.1, 0.15) is 5.76 Å². The predicted molar refractivity (Wildman–Crippen MR) is 66.6 cm³/mol. The first-order valence-corrected chi connectivity index (χ1v) is 6.91. The molecule has 0 saturated carbocycles. The maximum atomic E-state index is 11.9. The van der Waals surface area contributed by atoms with Gasteiger partial charge in [-0.15, -0.1) is 0 Å². The second kappa shape index (κ2) is 5.49. The molecule has 5 heteroatoms. The number of aryl methyl sites for hydroxylation is 1. The Kier molecular flexibility index (Phi) is 4.51. The number of aromatic carboxylic acids is 1. The molecule has 4 nitrogen and oxygen atoms in total. The largest absolute Gasteiger partial charge is 0.475 e. The Bertz CT molecular complexity index is 434. The summed E-state index contributed by atoms with van der Waals surface area (Å²) in [4.78, 5) is 10.8. The van der Waals surface area contributed by atoms with E-state index in [4.69, 9.17) is 9.52 Å². The quantitative estimate of drug-likeness (QED) is 0.881. The highest BCUT2D eigenvalue weighted by Crippen LogP contribution is 2.19. The van der Waals surface area contributed by atoms with Gasteiger partial charge in [0.25, 0.3) is 0 Å². The smallest absolute Gasteiger partial charge is 0.372 e. The van der Waals surface area contributed by atoms with Crippen molar-refractivity contribution in [2.45, 2.75) is 38.7 Å². The van der Waals surface area contributed by atoms with Crippen LogP contribution >= 0.6 is 0 Å². The highest BCUT2D eigenvalue weighted by atomic mass is 32.2. The first-order valence-electron chi connectivity index (χ1n) is 5.52. The fourth-order valence-corrected chi connectivity index (χ4v) is 2.70. The lowest BCUT2D eigenvalue weighted by molar-refractivity contribution is 0.0659. The van der Waals surface area contributed by atoms with Crippen LogP contribution in [0.25, 0.3) is 0 Å². The van der Waals surface area contributed by atoms with Crippen molar-refractivity contribution in [3.63, 3.8) is 0 Å². The van der Waals surface area contributed by atoms with E-state index in [0.29, 0.717) is 17.2 Å². The van der Waals surface area contributed by atoms with Crippen molar-refractivity contribution in [3.8, 4) is 0 Å². The second-order valence-electron chi connectivity index (χ2n) is 4.50. The molecule has 0 fully saturated rings. The van der Waals surface area contributed by atoms with Crippen LogP contribution in [-0.2, 0) is 16.6 Å². The molecule has 1 heterocycles. The highest BCUT2D eigenvalue weighted by Gasteiger charge is 2.19. The Hall–Kier alpha value is -1.10. The van der Waals surface area contributed by atoms with E-state index < -0.39 is 16.8 Å². The molecule has 0 amide bonds. The van der Waals surface area contributed by atoms with Crippen LogP contribution in [0.3, 0.4) is 0 Å². The van der Waals surface area contributed by atoms with Gasteiger partial charge in [-0.1, -0.05) is 20.8 Å². The fourth-order valence-electron chi connectivity index (χ4n) is 1.41. The zero-order valence-electron chi connectivity index (χ0n) is 10.5. The molecule has 0 aliphatic rings. The van der Waals surface area contributed by atoms with Crippen LogP contribution in [0.1, 0.15) is 42.6 Å². The minimum Gasteiger partial charge on any atom is -0.475 e. The van der Waals surface area contributed by atoms with Gasteiger partial charge in [0.05, 0.1) is 5.75 Å². The van der Waals surface area contributed by atoms with Crippen molar-refractivity contribution >= 4 is 16.8 Å². The lowest BCUT2D eigenvalue weighted by Crippen LogP contribution is -2.18. The number of furan rings is 1. The summed E-state index contributed by atoms with van der Waals surface area (Å²) in [7, 11) is -1.04. The molecule has 0 aromatic carbocycles. The molecule has 1 aromatic heterocycles. The van der Waals surface area contributed by atoms with Gasteiger partial charge in [0, 0.05) is 21.6 Å². The third kappa shape index (κ3) is 3.43. The van der Waals surface area contributed by atoms with Gasteiger partial charge in [-0.05, 0) is 18.9 Å². The summed E-state index contributed by atoms with van der Waals surface area (Å²) in [6, 6.07) is 1.65. The van der Waals surface area contributed by atoms with Gasteiger partial charge in [-0.2, -0.15) is 0 Å². The van der Waals surface area contributed by atoms with Crippen molar-refractivity contribution in [2.24, 2.45) is 5.92 Å². The van der Waals surface area contributed by atoms with E-state index in [0.717, 1.165) is 0 Å². The predicted octanol–water partition coefficient (Wildman–Crippen LogP) is 2.58. The van der Waals surface area contributed by atoms with E-state index in [-0.39, 0.29) is 16.8 Å². The van der Waals surface area contributed by atoms with Gasteiger partial charge < -0.3 is 9.52 Å². The molecule has 17 heavy (non-hydrogen) atoms. The van der Waals surface area contributed by atoms with Gasteiger partial charge in [-0.25, -0.2) is 4.79 Å². The first-order chi connectivity index (χ1) is 7.82. The molecule has 0 spiro atoms. The lowest BCUT2D eigenvalue weighted by Gasteiger charge is -2.13.